The topological polar surface area (TPSA) is 33.2 Å². The number of carbonyl (C=O) groups is 1. The molecule has 3 nitrogen and oxygen atoms in total. The van der Waals surface area contributed by atoms with Crippen LogP contribution in [0.4, 0.5) is 4.39 Å². The molecule has 1 heterocycles. The van der Waals surface area contributed by atoms with Crippen LogP contribution >= 0.6 is 0 Å². The normalized spacial score (nSPS) is 10.3. The van der Waals surface area contributed by atoms with Crippen molar-refractivity contribution in [2.45, 2.75) is 6.92 Å². The Morgan fingerprint density at radius 1 is 1.21 bits per heavy atom. The number of halogens is 1. The van der Waals surface area contributed by atoms with E-state index in [9.17, 15) is 9.18 Å². The minimum Gasteiger partial charge on any atom is -0.343 e. The third-order valence-corrected chi connectivity index (χ3v) is 2.84. The number of nitrogens with zero attached hydrogens (tertiary/aromatic N) is 2. The number of hydrogen-bond acceptors (Lipinski definition) is 2. The van der Waals surface area contributed by atoms with Crippen molar-refractivity contribution in [3.05, 3.63) is 53.5 Å². The molecule has 1 amide bonds. The largest absolute Gasteiger partial charge is 0.343 e. The standard InChI is InChI=1S/C15H15FN2O/c1-10-7-8-11(9-12(10)16)13-5-4-6-14(17-13)15(19)18(2)3/h4-9H,1-3H3. The first-order valence-electron chi connectivity index (χ1n) is 5.94. The van der Waals surface area contributed by atoms with Gasteiger partial charge in [-0.05, 0) is 30.7 Å². The molecule has 0 radical (unpaired) electrons. The summed E-state index contributed by atoms with van der Waals surface area (Å²) in [6, 6.07) is 10.1. The molecule has 19 heavy (non-hydrogen) atoms. The maximum Gasteiger partial charge on any atom is 0.271 e. The van der Waals surface area contributed by atoms with Gasteiger partial charge < -0.3 is 4.90 Å². The van der Waals surface area contributed by atoms with E-state index in [4.69, 9.17) is 0 Å². The molecule has 98 valence electrons. The fourth-order valence-corrected chi connectivity index (χ4v) is 1.70. The molecule has 0 unspecified atom stereocenters. The zero-order valence-corrected chi connectivity index (χ0v) is 11.1. The Balaban J connectivity index is 2.43. The lowest BCUT2D eigenvalue weighted by atomic mass is 10.1. The van der Waals surface area contributed by atoms with Crippen molar-refractivity contribution >= 4 is 5.91 Å². The monoisotopic (exact) mass is 258 g/mol. The summed E-state index contributed by atoms with van der Waals surface area (Å²) in [5.74, 6) is -0.446. The first-order chi connectivity index (χ1) is 8.99. The van der Waals surface area contributed by atoms with Crippen molar-refractivity contribution in [2.24, 2.45) is 0 Å². The maximum atomic E-state index is 13.5. The van der Waals surface area contributed by atoms with Crippen molar-refractivity contribution in [3.63, 3.8) is 0 Å². The highest BCUT2D eigenvalue weighted by atomic mass is 19.1. The van der Waals surface area contributed by atoms with Crippen LogP contribution in [-0.4, -0.2) is 29.9 Å². The highest BCUT2D eigenvalue weighted by Crippen LogP contribution is 2.20. The van der Waals surface area contributed by atoms with E-state index >= 15 is 0 Å². The summed E-state index contributed by atoms with van der Waals surface area (Å²) in [4.78, 5) is 17.6. The molecule has 2 aromatic rings. The number of amides is 1. The summed E-state index contributed by atoms with van der Waals surface area (Å²) in [7, 11) is 3.34. The van der Waals surface area contributed by atoms with Crippen LogP contribution in [0.3, 0.4) is 0 Å². The number of carbonyl (C=O) groups excluding carboxylic acids is 1. The molecule has 0 spiro atoms. The smallest absolute Gasteiger partial charge is 0.271 e. The van der Waals surface area contributed by atoms with E-state index in [-0.39, 0.29) is 11.7 Å². The van der Waals surface area contributed by atoms with E-state index in [1.54, 1.807) is 51.4 Å². The zero-order valence-electron chi connectivity index (χ0n) is 11.1. The Labute approximate surface area is 111 Å². The molecule has 1 aromatic carbocycles. The Morgan fingerprint density at radius 3 is 2.58 bits per heavy atom. The minimum atomic E-state index is -0.274. The molecule has 0 saturated heterocycles. The van der Waals surface area contributed by atoms with Crippen LogP contribution in [0, 0.1) is 12.7 Å². The third kappa shape index (κ3) is 2.78. The molecule has 4 heteroatoms. The van der Waals surface area contributed by atoms with Gasteiger partial charge in [0.05, 0.1) is 5.69 Å². The van der Waals surface area contributed by atoms with Gasteiger partial charge in [-0.3, -0.25) is 4.79 Å². The fourth-order valence-electron chi connectivity index (χ4n) is 1.70. The van der Waals surface area contributed by atoms with Gasteiger partial charge in [-0.1, -0.05) is 18.2 Å². The van der Waals surface area contributed by atoms with Crippen molar-refractivity contribution in [2.75, 3.05) is 14.1 Å². The lowest BCUT2D eigenvalue weighted by Gasteiger charge is -2.10. The van der Waals surface area contributed by atoms with E-state index in [2.05, 4.69) is 4.98 Å². The van der Waals surface area contributed by atoms with Crippen LogP contribution in [0.1, 0.15) is 16.1 Å². The molecular formula is C15H15FN2O. The lowest BCUT2D eigenvalue weighted by Crippen LogP contribution is -2.22. The molecule has 0 aliphatic rings. The lowest BCUT2D eigenvalue weighted by molar-refractivity contribution is 0.0822. The minimum absolute atomic E-state index is 0.172. The second kappa shape index (κ2) is 5.18. The average molecular weight is 258 g/mol. The van der Waals surface area contributed by atoms with Crippen LogP contribution in [0.25, 0.3) is 11.3 Å². The van der Waals surface area contributed by atoms with Gasteiger partial charge in [0, 0.05) is 19.7 Å². The van der Waals surface area contributed by atoms with Gasteiger partial charge in [0.25, 0.3) is 5.91 Å². The molecule has 0 bridgehead atoms. The SMILES string of the molecule is Cc1ccc(-c2cccc(C(=O)N(C)C)n2)cc1F. The van der Waals surface area contributed by atoms with Crippen LogP contribution < -0.4 is 0 Å². The number of aromatic nitrogens is 1. The molecule has 0 aliphatic heterocycles. The second-order valence-electron chi connectivity index (χ2n) is 4.57. The van der Waals surface area contributed by atoms with Gasteiger partial charge in [0.2, 0.25) is 0 Å². The predicted molar refractivity (Wildman–Crippen MR) is 72.4 cm³/mol. The zero-order chi connectivity index (χ0) is 14.0. The number of rotatable bonds is 2. The quantitative estimate of drug-likeness (QED) is 0.829. The van der Waals surface area contributed by atoms with Gasteiger partial charge in [0.1, 0.15) is 11.5 Å². The van der Waals surface area contributed by atoms with E-state index < -0.39 is 0 Å². The van der Waals surface area contributed by atoms with Crippen LogP contribution in [0.2, 0.25) is 0 Å². The Bertz CT molecular complexity index is 623. The van der Waals surface area contributed by atoms with Crippen molar-refractivity contribution in [3.8, 4) is 11.3 Å². The Kier molecular flexibility index (Phi) is 3.60. The third-order valence-electron chi connectivity index (χ3n) is 2.84. The van der Waals surface area contributed by atoms with E-state index in [1.807, 2.05) is 0 Å². The molecular weight excluding hydrogens is 243 g/mol. The average Bonchev–Trinajstić information content (AvgIpc) is 2.41. The van der Waals surface area contributed by atoms with Crippen LogP contribution in [-0.2, 0) is 0 Å². The summed E-state index contributed by atoms with van der Waals surface area (Å²) in [6.45, 7) is 1.71. The van der Waals surface area contributed by atoms with Crippen LogP contribution in [0.15, 0.2) is 36.4 Å². The summed E-state index contributed by atoms with van der Waals surface area (Å²) >= 11 is 0. The summed E-state index contributed by atoms with van der Waals surface area (Å²) < 4.78 is 13.5. The second-order valence-corrected chi connectivity index (χ2v) is 4.57. The van der Waals surface area contributed by atoms with Gasteiger partial charge >= 0.3 is 0 Å². The molecule has 0 N–H and O–H groups in total. The van der Waals surface area contributed by atoms with E-state index in [1.165, 1.54) is 11.0 Å². The Hall–Kier alpha value is -2.23. The molecule has 2 rings (SSSR count). The molecule has 0 aliphatic carbocycles. The van der Waals surface area contributed by atoms with E-state index in [0.717, 1.165) is 0 Å². The van der Waals surface area contributed by atoms with Gasteiger partial charge in [-0.2, -0.15) is 0 Å². The van der Waals surface area contributed by atoms with Crippen molar-refractivity contribution in [1.29, 1.82) is 0 Å². The molecule has 0 saturated carbocycles. The highest BCUT2D eigenvalue weighted by molar-refractivity contribution is 5.92. The highest BCUT2D eigenvalue weighted by Gasteiger charge is 2.11. The Morgan fingerprint density at radius 2 is 1.95 bits per heavy atom. The van der Waals surface area contributed by atoms with Crippen molar-refractivity contribution < 1.29 is 9.18 Å². The molecule has 1 aromatic heterocycles. The number of hydrogen-bond donors (Lipinski definition) is 0. The van der Waals surface area contributed by atoms with Crippen molar-refractivity contribution in [1.82, 2.24) is 9.88 Å². The number of pyridine rings is 1. The first kappa shape index (κ1) is 13.2. The van der Waals surface area contributed by atoms with E-state index in [0.29, 0.717) is 22.5 Å². The summed E-state index contributed by atoms with van der Waals surface area (Å²) in [6.07, 6.45) is 0. The first-order valence-corrected chi connectivity index (χ1v) is 5.94. The van der Waals surface area contributed by atoms with Gasteiger partial charge in [-0.15, -0.1) is 0 Å². The molecule has 0 atom stereocenters. The number of benzene rings is 1. The van der Waals surface area contributed by atoms with Crippen LogP contribution in [0.5, 0.6) is 0 Å². The van der Waals surface area contributed by atoms with Gasteiger partial charge in [-0.25, -0.2) is 9.37 Å². The predicted octanol–water partition coefficient (Wildman–Crippen LogP) is 2.90. The summed E-state index contributed by atoms with van der Waals surface area (Å²) in [5.41, 5.74) is 2.19. The summed E-state index contributed by atoms with van der Waals surface area (Å²) in [5, 5.41) is 0. The molecule has 0 fully saturated rings. The number of aryl methyl sites for hydroxylation is 1. The fraction of sp³-hybridized carbons (Fsp3) is 0.200. The van der Waals surface area contributed by atoms with Gasteiger partial charge in [0.15, 0.2) is 0 Å². The maximum absolute atomic E-state index is 13.5.